The lowest BCUT2D eigenvalue weighted by Gasteiger charge is -2.64. The molecular formula is C25H44BN3O6. The van der Waals surface area contributed by atoms with Gasteiger partial charge in [0, 0.05) is 13.5 Å². The summed E-state index contributed by atoms with van der Waals surface area (Å²) >= 11 is 0. The first-order valence-corrected chi connectivity index (χ1v) is 12.9. The molecule has 2 bridgehead atoms. The lowest BCUT2D eigenvalue weighted by Crippen LogP contribution is -2.65. The van der Waals surface area contributed by atoms with Crippen LogP contribution >= 0.6 is 0 Å². The Labute approximate surface area is 210 Å². The van der Waals surface area contributed by atoms with Crippen LogP contribution in [-0.4, -0.2) is 60.9 Å². The molecule has 9 nitrogen and oxygen atoms in total. The maximum atomic E-state index is 13.3. The van der Waals surface area contributed by atoms with Gasteiger partial charge in [0.2, 0.25) is 11.8 Å². The summed E-state index contributed by atoms with van der Waals surface area (Å²) in [5.74, 6) is 0.207. The smallest absolute Gasteiger partial charge is 0.444 e. The highest BCUT2D eigenvalue weighted by atomic mass is 16.7. The van der Waals surface area contributed by atoms with Crippen molar-refractivity contribution in [1.29, 1.82) is 0 Å². The van der Waals surface area contributed by atoms with Gasteiger partial charge in [-0.2, -0.15) is 0 Å². The monoisotopic (exact) mass is 493 g/mol. The number of nitrogens with one attached hydrogen (secondary N) is 3. The second kappa shape index (κ2) is 9.92. The summed E-state index contributed by atoms with van der Waals surface area (Å²) in [5.41, 5.74) is -0.876. The van der Waals surface area contributed by atoms with E-state index in [0.717, 1.165) is 12.8 Å². The van der Waals surface area contributed by atoms with E-state index in [1.807, 2.05) is 0 Å². The van der Waals surface area contributed by atoms with Crippen LogP contribution in [0.1, 0.15) is 81.6 Å². The number of hydrogen-bond donors (Lipinski definition) is 3. The lowest BCUT2D eigenvalue weighted by atomic mass is 9.43. The summed E-state index contributed by atoms with van der Waals surface area (Å²) < 4.78 is 18.4. The van der Waals surface area contributed by atoms with Gasteiger partial charge in [0.25, 0.3) is 0 Å². The van der Waals surface area contributed by atoms with Crippen LogP contribution in [0.2, 0.25) is 0 Å². The van der Waals surface area contributed by atoms with Crippen molar-refractivity contribution in [2.24, 2.45) is 23.2 Å². The number of ether oxygens (including phenoxy) is 1. The van der Waals surface area contributed by atoms with Gasteiger partial charge in [-0.15, -0.1) is 0 Å². The van der Waals surface area contributed by atoms with Gasteiger partial charge in [-0.3, -0.25) is 9.59 Å². The molecule has 4 fully saturated rings. The highest BCUT2D eigenvalue weighted by Gasteiger charge is 2.68. The zero-order valence-electron chi connectivity index (χ0n) is 22.8. The number of alkyl carbamates (subject to hydrolysis) is 1. The predicted octanol–water partition coefficient (Wildman–Crippen LogP) is 2.81. The third-order valence-electron chi connectivity index (χ3n) is 7.91. The van der Waals surface area contributed by atoms with E-state index in [1.165, 1.54) is 6.92 Å². The highest BCUT2D eigenvalue weighted by molar-refractivity contribution is 6.48. The van der Waals surface area contributed by atoms with E-state index in [4.69, 9.17) is 14.0 Å². The van der Waals surface area contributed by atoms with Crippen LogP contribution in [0.4, 0.5) is 4.79 Å². The van der Waals surface area contributed by atoms with Crippen LogP contribution in [0.5, 0.6) is 0 Å². The van der Waals surface area contributed by atoms with Crippen LogP contribution in [0.15, 0.2) is 0 Å². The largest absolute Gasteiger partial charge is 0.481 e. The van der Waals surface area contributed by atoms with Gasteiger partial charge in [0.1, 0.15) is 11.6 Å². The molecule has 0 radical (unpaired) electrons. The average Bonchev–Trinajstić information content (AvgIpc) is 3.05. The molecule has 3 saturated carbocycles. The molecule has 0 aromatic rings. The number of hydrogen-bond acceptors (Lipinski definition) is 6. The first-order chi connectivity index (χ1) is 16.0. The zero-order valence-corrected chi connectivity index (χ0v) is 22.8. The lowest BCUT2D eigenvalue weighted by molar-refractivity contribution is -0.199. The highest BCUT2D eigenvalue weighted by Crippen LogP contribution is 2.65. The SMILES string of the molecule is CC(=O)NC[C@H](NC(=O)OC(C)(C)C)C(=O)N[C@@H](CC(C)C)B1O[C@@H]2C[C@@H]3C[C@@H](C3(C)C)[C@]2(C)O1. The molecule has 35 heavy (non-hydrogen) atoms. The minimum Gasteiger partial charge on any atom is -0.444 e. The Morgan fingerprint density at radius 1 is 1.11 bits per heavy atom. The third-order valence-corrected chi connectivity index (χ3v) is 7.91. The van der Waals surface area contributed by atoms with Crippen LogP contribution in [-0.2, 0) is 23.6 Å². The minimum atomic E-state index is -1.01. The fraction of sp³-hybridized carbons (Fsp3) is 0.880. The van der Waals surface area contributed by atoms with Gasteiger partial charge in [-0.05, 0) is 70.1 Å². The van der Waals surface area contributed by atoms with Crippen molar-refractivity contribution in [3.05, 3.63) is 0 Å². The molecule has 0 unspecified atom stereocenters. The standard InChI is InChI=1S/C25H44BN3O6/c1-14(2)10-20(26-34-19-12-16-11-18(24(16,7)8)25(19,9)35-26)29-21(31)17(13-27-15(3)30)28-22(32)33-23(4,5)6/h14,16-20H,10-13H2,1-9H3,(H,27,30)(H,28,32)(H,29,31)/t16-,17-,18-,19+,20-,25-/m0/s1. The molecule has 0 spiro atoms. The quantitative estimate of drug-likeness (QED) is 0.448. The Morgan fingerprint density at radius 3 is 2.31 bits per heavy atom. The molecule has 4 rings (SSSR count). The number of carbonyl (C=O) groups excluding carboxylic acids is 3. The predicted molar refractivity (Wildman–Crippen MR) is 133 cm³/mol. The fourth-order valence-electron chi connectivity index (χ4n) is 6.01. The number of amides is 3. The summed E-state index contributed by atoms with van der Waals surface area (Å²) in [4.78, 5) is 37.2. The van der Waals surface area contributed by atoms with Crippen LogP contribution < -0.4 is 16.0 Å². The van der Waals surface area contributed by atoms with E-state index < -0.39 is 36.7 Å². The molecule has 1 heterocycles. The zero-order chi connectivity index (χ0) is 26.3. The Balaban J connectivity index is 1.72. The van der Waals surface area contributed by atoms with E-state index in [2.05, 4.69) is 50.6 Å². The molecule has 3 aliphatic carbocycles. The van der Waals surface area contributed by atoms with E-state index in [1.54, 1.807) is 20.8 Å². The van der Waals surface area contributed by atoms with Gasteiger partial charge in [-0.25, -0.2) is 4.79 Å². The summed E-state index contributed by atoms with van der Waals surface area (Å²) in [6.45, 7) is 17.5. The average molecular weight is 493 g/mol. The van der Waals surface area contributed by atoms with Gasteiger partial charge in [0.05, 0.1) is 17.6 Å². The van der Waals surface area contributed by atoms with Crippen molar-refractivity contribution in [3.8, 4) is 0 Å². The molecule has 198 valence electrons. The molecule has 0 aromatic heterocycles. The van der Waals surface area contributed by atoms with Crippen molar-refractivity contribution in [2.75, 3.05) is 6.54 Å². The van der Waals surface area contributed by atoms with Crippen molar-refractivity contribution >= 4 is 25.0 Å². The summed E-state index contributed by atoms with van der Waals surface area (Å²) in [6, 6.07) is -1.01. The van der Waals surface area contributed by atoms with E-state index in [-0.39, 0.29) is 35.5 Å². The second-order valence-electron chi connectivity index (χ2n) is 12.7. The van der Waals surface area contributed by atoms with Crippen LogP contribution in [0.25, 0.3) is 0 Å². The second-order valence-corrected chi connectivity index (χ2v) is 12.7. The van der Waals surface area contributed by atoms with Crippen molar-refractivity contribution in [2.45, 2.75) is 111 Å². The molecule has 3 N–H and O–H groups in total. The normalized spacial score (nSPS) is 30.6. The Bertz CT molecular complexity index is 829. The Kier molecular flexibility index (Phi) is 7.87. The minimum absolute atomic E-state index is 0.00547. The maximum absolute atomic E-state index is 13.3. The summed E-state index contributed by atoms with van der Waals surface area (Å²) in [6.07, 6.45) is 2.04. The molecule has 0 aromatic carbocycles. The van der Waals surface area contributed by atoms with Gasteiger partial charge < -0.3 is 30.0 Å². The number of carbonyl (C=O) groups is 3. The fourth-order valence-corrected chi connectivity index (χ4v) is 6.01. The molecule has 10 heteroatoms. The van der Waals surface area contributed by atoms with Crippen LogP contribution in [0.3, 0.4) is 0 Å². The Hall–Kier alpha value is -1.81. The topological polar surface area (TPSA) is 115 Å². The molecule has 1 aliphatic heterocycles. The van der Waals surface area contributed by atoms with Crippen molar-refractivity contribution in [1.82, 2.24) is 16.0 Å². The molecule has 4 aliphatic rings. The van der Waals surface area contributed by atoms with E-state index in [0.29, 0.717) is 18.3 Å². The summed E-state index contributed by atoms with van der Waals surface area (Å²) in [7, 11) is -0.575. The first kappa shape index (κ1) is 27.8. The molecular weight excluding hydrogens is 449 g/mol. The van der Waals surface area contributed by atoms with E-state index in [9.17, 15) is 14.4 Å². The molecule has 3 amide bonds. The van der Waals surface area contributed by atoms with Crippen molar-refractivity contribution in [3.63, 3.8) is 0 Å². The number of rotatable bonds is 8. The van der Waals surface area contributed by atoms with Gasteiger partial charge >= 0.3 is 13.2 Å². The van der Waals surface area contributed by atoms with Gasteiger partial charge in [-0.1, -0.05) is 27.7 Å². The molecule has 6 atom stereocenters. The maximum Gasteiger partial charge on any atom is 0.481 e. The summed E-state index contributed by atoms with van der Waals surface area (Å²) in [5, 5.41) is 8.25. The van der Waals surface area contributed by atoms with Gasteiger partial charge in [0.15, 0.2) is 0 Å². The van der Waals surface area contributed by atoms with Crippen molar-refractivity contribution < 1.29 is 28.4 Å². The van der Waals surface area contributed by atoms with Crippen LogP contribution in [0, 0.1) is 23.2 Å². The van der Waals surface area contributed by atoms with E-state index >= 15 is 0 Å². The first-order valence-electron chi connectivity index (χ1n) is 12.9. The molecule has 1 saturated heterocycles. The third kappa shape index (κ3) is 6.13. The Morgan fingerprint density at radius 2 is 1.77 bits per heavy atom.